The molecule has 0 aromatic heterocycles. The Morgan fingerprint density at radius 1 is 1.00 bits per heavy atom. The van der Waals surface area contributed by atoms with Gasteiger partial charge in [-0.25, -0.2) is 8.78 Å². The molecule has 0 saturated carbocycles. The summed E-state index contributed by atoms with van der Waals surface area (Å²) in [4.78, 5) is 0. The fourth-order valence-electron chi connectivity index (χ4n) is 1.54. The van der Waals surface area contributed by atoms with Crippen LogP contribution in [0.3, 0.4) is 0 Å². The van der Waals surface area contributed by atoms with Gasteiger partial charge in [-0.15, -0.1) is 0 Å². The zero-order valence-corrected chi connectivity index (χ0v) is 10.1. The first kappa shape index (κ1) is 13.1. The fraction of sp³-hybridized carbons (Fsp3) is 0.538. The second-order valence-corrected chi connectivity index (χ2v) is 5.07. The summed E-state index contributed by atoms with van der Waals surface area (Å²) in [5, 5.41) is 0. The van der Waals surface area contributed by atoms with Crippen LogP contribution in [0, 0.1) is 0 Å². The third-order valence-electron chi connectivity index (χ3n) is 2.63. The number of hydrogen-bond acceptors (Lipinski definition) is 1. The lowest BCUT2D eigenvalue weighted by atomic mass is 9.86. The van der Waals surface area contributed by atoms with Gasteiger partial charge in [-0.3, -0.25) is 0 Å². The quantitative estimate of drug-likeness (QED) is 0.841. The summed E-state index contributed by atoms with van der Waals surface area (Å²) in [6, 6.07) is 6.52. The second-order valence-electron chi connectivity index (χ2n) is 5.07. The summed E-state index contributed by atoms with van der Waals surface area (Å²) in [6.07, 6.45) is -0.304. The average molecular weight is 227 g/mol. The first-order chi connectivity index (χ1) is 7.27. The van der Waals surface area contributed by atoms with Crippen LogP contribution in [0.1, 0.15) is 38.3 Å². The number of halogens is 2. The molecule has 0 fully saturated rings. The predicted molar refractivity (Wildman–Crippen MR) is 62.7 cm³/mol. The molecule has 0 atom stereocenters. The molecular formula is C13H19F2N. The van der Waals surface area contributed by atoms with E-state index in [4.69, 9.17) is 5.73 Å². The Hall–Kier alpha value is -0.960. The molecule has 0 radical (unpaired) electrons. The van der Waals surface area contributed by atoms with Crippen molar-refractivity contribution in [3.8, 4) is 0 Å². The first-order valence-corrected chi connectivity index (χ1v) is 5.46. The molecule has 3 heteroatoms. The van der Waals surface area contributed by atoms with Gasteiger partial charge in [0.2, 0.25) is 0 Å². The van der Waals surface area contributed by atoms with Crippen LogP contribution in [-0.2, 0) is 11.3 Å². The highest BCUT2D eigenvalue weighted by Crippen LogP contribution is 2.32. The Bertz CT molecular complexity index is 336. The molecule has 16 heavy (non-hydrogen) atoms. The summed E-state index contributed by atoms with van der Waals surface area (Å²) in [5.41, 5.74) is 6.26. The topological polar surface area (TPSA) is 26.0 Å². The van der Waals surface area contributed by atoms with Crippen LogP contribution >= 0.6 is 0 Å². The van der Waals surface area contributed by atoms with Gasteiger partial charge in [0, 0.05) is 12.0 Å². The molecule has 1 rings (SSSR count). The van der Waals surface area contributed by atoms with Crippen molar-refractivity contribution < 1.29 is 8.78 Å². The minimum absolute atomic E-state index is 0.00593. The molecule has 0 aliphatic rings. The van der Waals surface area contributed by atoms with Crippen LogP contribution in [0.15, 0.2) is 24.3 Å². The number of benzene rings is 1. The standard InChI is InChI=1S/C13H19F2N/c1-12(2,3)10-4-6-11(7-5-10)13(14,15)8-9-16/h4-7H,8-9,16H2,1-3H3. The van der Waals surface area contributed by atoms with E-state index in [-0.39, 0.29) is 23.9 Å². The normalized spacial score (nSPS) is 12.9. The monoisotopic (exact) mass is 227 g/mol. The van der Waals surface area contributed by atoms with E-state index in [0.29, 0.717) is 0 Å². The molecule has 0 spiro atoms. The molecule has 1 aromatic carbocycles. The highest BCUT2D eigenvalue weighted by molar-refractivity contribution is 5.29. The third kappa shape index (κ3) is 3.01. The fourth-order valence-corrected chi connectivity index (χ4v) is 1.54. The zero-order valence-electron chi connectivity index (χ0n) is 10.1. The maximum Gasteiger partial charge on any atom is 0.274 e. The van der Waals surface area contributed by atoms with Crippen molar-refractivity contribution >= 4 is 0 Å². The van der Waals surface area contributed by atoms with E-state index in [0.717, 1.165) is 5.56 Å². The van der Waals surface area contributed by atoms with Crippen LogP contribution in [-0.4, -0.2) is 6.54 Å². The Labute approximate surface area is 95.7 Å². The number of alkyl halides is 2. The van der Waals surface area contributed by atoms with Crippen molar-refractivity contribution in [3.05, 3.63) is 35.4 Å². The van der Waals surface area contributed by atoms with Gasteiger partial charge in [0.1, 0.15) is 0 Å². The zero-order chi connectivity index (χ0) is 12.4. The van der Waals surface area contributed by atoms with E-state index in [1.165, 1.54) is 12.1 Å². The Morgan fingerprint density at radius 3 is 1.81 bits per heavy atom. The van der Waals surface area contributed by atoms with Crippen molar-refractivity contribution in [2.45, 2.75) is 38.5 Å². The number of hydrogen-bond donors (Lipinski definition) is 1. The number of nitrogens with two attached hydrogens (primary N) is 1. The molecule has 0 saturated heterocycles. The van der Waals surface area contributed by atoms with Gasteiger partial charge in [-0.2, -0.15) is 0 Å². The minimum atomic E-state index is -2.81. The molecule has 2 N–H and O–H groups in total. The molecule has 0 aliphatic heterocycles. The molecular weight excluding hydrogens is 208 g/mol. The van der Waals surface area contributed by atoms with Gasteiger partial charge in [-0.05, 0) is 17.5 Å². The lowest BCUT2D eigenvalue weighted by molar-refractivity contribution is -0.0107. The minimum Gasteiger partial charge on any atom is -0.330 e. The van der Waals surface area contributed by atoms with Crippen molar-refractivity contribution in [2.75, 3.05) is 6.54 Å². The molecule has 1 nitrogen and oxygen atoms in total. The van der Waals surface area contributed by atoms with Gasteiger partial charge >= 0.3 is 0 Å². The summed E-state index contributed by atoms with van der Waals surface area (Å²) in [6.45, 7) is 6.16. The van der Waals surface area contributed by atoms with E-state index >= 15 is 0 Å². The maximum atomic E-state index is 13.5. The molecule has 0 aliphatic carbocycles. The lowest BCUT2D eigenvalue weighted by Gasteiger charge is -2.21. The highest BCUT2D eigenvalue weighted by Gasteiger charge is 2.30. The Balaban J connectivity index is 2.95. The van der Waals surface area contributed by atoms with Crippen molar-refractivity contribution in [1.82, 2.24) is 0 Å². The van der Waals surface area contributed by atoms with Crippen LogP contribution in [0.4, 0.5) is 8.78 Å². The molecule has 0 unspecified atom stereocenters. The molecule has 0 bridgehead atoms. The van der Waals surface area contributed by atoms with E-state index in [1.54, 1.807) is 12.1 Å². The summed E-state index contributed by atoms with van der Waals surface area (Å²) in [7, 11) is 0. The van der Waals surface area contributed by atoms with Crippen molar-refractivity contribution in [2.24, 2.45) is 5.73 Å². The van der Waals surface area contributed by atoms with Crippen LogP contribution in [0.2, 0.25) is 0 Å². The van der Waals surface area contributed by atoms with E-state index < -0.39 is 5.92 Å². The molecule has 1 aromatic rings. The van der Waals surface area contributed by atoms with Crippen molar-refractivity contribution in [3.63, 3.8) is 0 Å². The molecule has 0 amide bonds. The lowest BCUT2D eigenvalue weighted by Crippen LogP contribution is -2.19. The first-order valence-electron chi connectivity index (χ1n) is 5.46. The largest absolute Gasteiger partial charge is 0.330 e. The van der Waals surface area contributed by atoms with Gasteiger partial charge in [0.05, 0.1) is 0 Å². The maximum absolute atomic E-state index is 13.5. The van der Waals surface area contributed by atoms with Gasteiger partial charge in [0.25, 0.3) is 5.92 Å². The Kier molecular flexibility index (Phi) is 3.68. The van der Waals surface area contributed by atoms with E-state index in [1.807, 2.05) is 0 Å². The smallest absolute Gasteiger partial charge is 0.274 e. The molecule has 0 heterocycles. The SMILES string of the molecule is CC(C)(C)c1ccc(C(F)(F)CCN)cc1. The highest BCUT2D eigenvalue weighted by atomic mass is 19.3. The van der Waals surface area contributed by atoms with E-state index in [9.17, 15) is 8.78 Å². The van der Waals surface area contributed by atoms with E-state index in [2.05, 4.69) is 20.8 Å². The van der Waals surface area contributed by atoms with Gasteiger partial charge in [0.15, 0.2) is 0 Å². The van der Waals surface area contributed by atoms with Crippen LogP contribution < -0.4 is 5.73 Å². The van der Waals surface area contributed by atoms with Crippen molar-refractivity contribution in [1.29, 1.82) is 0 Å². The average Bonchev–Trinajstić information content (AvgIpc) is 2.16. The third-order valence-corrected chi connectivity index (χ3v) is 2.63. The van der Waals surface area contributed by atoms with Gasteiger partial charge < -0.3 is 5.73 Å². The molecule has 90 valence electrons. The van der Waals surface area contributed by atoms with Crippen LogP contribution in [0.25, 0.3) is 0 Å². The van der Waals surface area contributed by atoms with Gasteiger partial charge in [-0.1, -0.05) is 45.0 Å². The summed E-state index contributed by atoms with van der Waals surface area (Å²) < 4.78 is 27.0. The predicted octanol–water partition coefficient (Wildman–Crippen LogP) is 3.42. The second kappa shape index (κ2) is 4.50. The summed E-state index contributed by atoms with van der Waals surface area (Å²) in [5.74, 6) is -2.81. The number of rotatable bonds is 3. The van der Waals surface area contributed by atoms with Crippen LogP contribution in [0.5, 0.6) is 0 Å². The summed E-state index contributed by atoms with van der Waals surface area (Å²) >= 11 is 0. The Morgan fingerprint density at radius 2 is 1.44 bits per heavy atom.